The van der Waals surface area contributed by atoms with Crippen LogP contribution in [0.5, 0.6) is 11.5 Å². The van der Waals surface area contributed by atoms with Gasteiger partial charge >= 0.3 is 0 Å². The third-order valence-electron chi connectivity index (χ3n) is 4.95. The second kappa shape index (κ2) is 11.1. The van der Waals surface area contributed by atoms with Crippen LogP contribution < -0.4 is 14.8 Å². The van der Waals surface area contributed by atoms with E-state index in [2.05, 4.69) is 35.4 Å². The highest BCUT2D eigenvalue weighted by Crippen LogP contribution is 2.27. The van der Waals surface area contributed by atoms with Crippen molar-refractivity contribution in [3.8, 4) is 17.2 Å². The summed E-state index contributed by atoms with van der Waals surface area (Å²) in [5, 5.41) is 7.83. The third-order valence-corrected chi connectivity index (χ3v) is 4.95. The monoisotopic (exact) mass is 421 g/mol. The number of para-hydroxylation sites is 1. The molecule has 1 heterocycles. The Hall–Kier alpha value is -3.48. The Labute approximate surface area is 184 Å². The highest BCUT2D eigenvalue weighted by atomic mass is 16.5. The van der Waals surface area contributed by atoms with E-state index in [9.17, 15) is 0 Å². The zero-order chi connectivity index (χ0) is 22.1. The van der Waals surface area contributed by atoms with Gasteiger partial charge < -0.3 is 19.7 Å². The van der Waals surface area contributed by atoms with Crippen LogP contribution in [0.25, 0.3) is 5.69 Å². The molecule has 0 spiro atoms. The molecule has 0 aliphatic rings. The molecule has 0 unspecified atom stereocenters. The number of hydrogen-bond acceptors (Lipinski definition) is 4. The van der Waals surface area contributed by atoms with Gasteiger partial charge in [-0.1, -0.05) is 24.3 Å². The average molecular weight is 422 g/mol. The van der Waals surface area contributed by atoms with Crippen molar-refractivity contribution in [3.63, 3.8) is 0 Å². The maximum absolute atomic E-state index is 5.41. The number of nitrogens with zero attached hydrogens (tertiary/aromatic N) is 4. The van der Waals surface area contributed by atoms with Crippen molar-refractivity contribution in [2.75, 3.05) is 34.4 Å². The van der Waals surface area contributed by atoms with Gasteiger partial charge in [-0.3, -0.25) is 0 Å². The van der Waals surface area contributed by atoms with E-state index < -0.39 is 0 Å². The first-order valence-electron chi connectivity index (χ1n) is 10.4. The molecule has 164 valence electrons. The lowest BCUT2D eigenvalue weighted by molar-refractivity contribution is 0.354. The van der Waals surface area contributed by atoms with E-state index >= 15 is 0 Å². The molecule has 0 aliphatic carbocycles. The van der Waals surface area contributed by atoms with Gasteiger partial charge in [-0.15, -0.1) is 0 Å². The first-order chi connectivity index (χ1) is 15.1. The fourth-order valence-electron chi connectivity index (χ4n) is 3.24. The Balaban J connectivity index is 1.63. The number of methoxy groups -OCH3 is 2. The van der Waals surface area contributed by atoms with E-state index in [4.69, 9.17) is 14.5 Å². The van der Waals surface area contributed by atoms with E-state index in [0.29, 0.717) is 6.54 Å². The molecule has 0 saturated heterocycles. The molecule has 31 heavy (non-hydrogen) atoms. The predicted molar refractivity (Wildman–Crippen MR) is 124 cm³/mol. The number of aromatic nitrogens is 2. The van der Waals surface area contributed by atoms with Crippen molar-refractivity contribution in [1.29, 1.82) is 0 Å². The number of benzene rings is 2. The predicted octanol–water partition coefficient (Wildman–Crippen LogP) is 3.53. The summed E-state index contributed by atoms with van der Waals surface area (Å²) >= 11 is 0. The number of likely N-dealkylation sites (N-methyl/N-ethyl adjacent to an activating group) is 1. The Morgan fingerprint density at radius 3 is 2.55 bits per heavy atom. The molecule has 0 fully saturated rings. The smallest absolute Gasteiger partial charge is 0.193 e. The van der Waals surface area contributed by atoms with Gasteiger partial charge in [0.05, 0.1) is 32.6 Å². The van der Waals surface area contributed by atoms with Crippen LogP contribution in [-0.4, -0.2) is 55.0 Å². The first kappa shape index (κ1) is 22.2. The molecule has 0 atom stereocenters. The molecule has 0 radical (unpaired) electrons. The van der Waals surface area contributed by atoms with Gasteiger partial charge in [0.15, 0.2) is 17.5 Å². The average Bonchev–Trinajstić information content (AvgIpc) is 3.29. The van der Waals surface area contributed by atoms with Crippen LogP contribution in [-0.2, 0) is 13.0 Å². The van der Waals surface area contributed by atoms with Gasteiger partial charge in [0.2, 0.25) is 0 Å². The molecule has 1 N–H and O–H groups in total. The van der Waals surface area contributed by atoms with Crippen LogP contribution in [0.1, 0.15) is 18.1 Å². The van der Waals surface area contributed by atoms with E-state index in [0.717, 1.165) is 48.2 Å². The molecule has 0 saturated carbocycles. The molecule has 0 aliphatic heterocycles. The number of hydrogen-bond donors (Lipinski definition) is 1. The molecular weight excluding hydrogens is 390 g/mol. The maximum Gasteiger partial charge on any atom is 0.193 e. The standard InChI is InChI=1S/C24H31N5O2/c1-5-25-24(26-16-20-17-27-29(18-20)21-9-7-6-8-10-21)28(2)14-13-19-11-12-22(30-3)23(15-19)31-4/h6-12,15,17-18H,5,13-14,16H2,1-4H3,(H,25,26). The van der Waals surface area contributed by atoms with Crippen LogP contribution in [0.3, 0.4) is 0 Å². The summed E-state index contributed by atoms with van der Waals surface area (Å²) in [4.78, 5) is 6.94. The van der Waals surface area contributed by atoms with Crippen molar-refractivity contribution in [2.45, 2.75) is 19.9 Å². The van der Waals surface area contributed by atoms with Gasteiger partial charge in [0, 0.05) is 31.9 Å². The second-order valence-electron chi connectivity index (χ2n) is 7.16. The van der Waals surface area contributed by atoms with Crippen molar-refractivity contribution in [1.82, 2.24) is 20.0 Å². The summed E-state index contributed by atoms with van der Waals surface area (Å²) in [6, 6.07) is 16.1. The van der Waals surface area contributed by atoms with Crippen molar-refractivity contribution in [2.24, 2.45) is 4.99 Å². The summed E-state index contributed by atoms with van der Waals surface area (Å²) in [5.41, 5.74) is 3.29. The molecule has 3 aromatic rings. The molecule has 0 bridgehead atoms. The molecular formula is C24H31N5O2. The Bertz CT molecular complexity index is 985. The van der Waals surface area contributed by atoms with Gasteiger partial charge in [-0.2, -0.15) is 5.10 Å². The van der Waals surface area contributed by atoms with Gasteiger partial charge in [-0.05, 0) is 43.2 Å². The SMILES string of the molecule is CCNC(=NCc1cnn(-c2ccccc2)c1)N(C)CCc1ccc(OC)c(OC)c1. The summed E-state index contributed by atoms with van der Waals surface area (Å²) in [7, 11) is 5.35. The van der Waals surface area contributed by atoms with Crippen LogP contribution in [0.4, 0.5) is 0 Å². The summed E-state index contributed by atoms with van der Waals surface area (Å²) in [5.74, 6) is 2.36. The van der Waals surface area contributed by atoms with Crippen molar-refractivity contribution in [3.05, 3.63) is 72.1 Å². The molecule has 2 aromatic carbocycles. The third kappa shape index (κ3) is 6.01. The Morgan fingerprint density at radius 2 is 1.84 bits per heavy atom. The highest BCUT2D eigenvalue weighted by Gasteiger charge is 2.09. The zero-order valence-electron chi connectivity index (χ0n) is 18.7. The van der Waals surface area contributed by atoms with E-state index in [1.54, 1.807) is 14.2 Å². The maximum atomic E-state index is 5.41. The minimum atomic E-state index is 0.565. The minimum Gasteiger partial charge on any atom is -0.493 e. The normalized spacial score (nSPS) is 11.3. The lowest BCUT2D eigenvalue weighted by Crippen LogP contribution is -2.39. The lowest BCUT2D eigenvalue weighted by atomic mass is 10.1. The van der Waals surface area contributed by atoms with Gasteiger partial charge in [0.25, 0.3) is 0 Å². The molecule has 7 nitrogen and oxygen atoms in total. The number of nitrogens with one attached hydrogen (secondary N) is 1. The van der Waals surface area contributed by atoms with Crippen molar-refractivity contribution >= 4 is 5.96 Å². The summed E-state index contributed by atoms with van der Waals surface area (Å²) < 4.78 is 12.6. The summed E-state index contributed by atoms with van der Waals surface area (Å²) in [6.07, 6.45) is 4.75. The number of ether oxygens (including phenoxy) is 2. The first-order valence-corrected chi connectivity index (χ1v) is 10.4. The molecule has 3 rings (SSSR count). The molecule has 0 amide bonds. The fourth-order valence-corrected chi connectivity index (χ4v) is 3.24. The number of guanidine groups is 1. The van der Waals surface area contributed by atoms with Crippen LogP contribution in [0.15, 0.2) is 65.9 Å². The van der Waals surface area contributed by atoms with Crippen molar-refractivity contribution < 1.29 is 9.47 Å². The van der Waals surface area contributed by atoms with E-state index in [1.165, 1.54) is 5.56 Å². The number of aliphatic imine (C=N–C) groups is 1. The van der Waals surface area contributed by atoms with Crippen LogP contribution >= 0.6 is 0 Å². The van der Waals surface area contributed by atoms with E-state index in [-0.39, 0.29) is 0 Å². The largest absolute Gasteiger partial charge is 0.493 e. The fraction of sp³-hybridized carbons (Fsp3) is 0.333. The topological polar surface area (TPSA) is 63.9 Å². The number of rotatable bonds is 9. The van der Waals surface area contributed by atoms with Gasteiger partial charge in [-0.25, -0.2) is 9.67 Å². The van der Waals surface area contributed by atoms with Crippen LogP contribution in [0, 0.1) is 0 Å². The second-order valence-corrected chi connectivity index (χ2v) is 7.16. The molecule has 1 aromatic heterocycles. The quantitative estimate of drug-likeness (QED) is 0.423. The Kier molecular flexibility index (Phi) is 7.92. The Morgan fingerprint density at radius 1 is 1.06 bits per heavy atom. The summed E-state index contributed by atoms with van der Waals surface area (Å²) in [6.45, 7) is 4.27. The van der Waals surface area contributed by atoms with Crippen LogP contribution in [0.2, 0.25) is 0 Å². The zero-order valence-corrected chi connectivity index (χ0v) is 18.7. The van der Waals surface area contributed by atoms with E-state index in [1.807, 2.05) is 59.5 Å². The minimum absolute atomic E-state index is 0.565. The highest BCUT2D eigenvalue weighted by molar-refractivity contribution is 5.79. The molecule has 7 heteroatoms. The van der Waals surface area contributed by atoms with Gasteiger partial charge in [0.1, 0.15) is 0 Å². The lowest BCUT2D eigenvalue weighted by Gasteiger charge is -2.22.